The monoisotopic (exact) mass is 111 g/mol. The number of rotatable bonds is 2. The van der Waals surface area contributed by atoms with Gasteiger partial charge in [0.2, 0.25) is 0 Å². The summed E-state index contributed by atoms with van der Waals surface area (Å²) in [6.45, 7) is 0.303. The molecule has 0 atom stereocenters. The summed E-state index contributed by atoms with van der Waals surface area (Å²) in [4.78, 5) is 0. The first-order valence-electron chi connectivity index (χ1n) is 2.31. The number of nitrogens with zero attached hydrogens (tertiary/aromatic N) is 1. The van der Waals surface area contributed by atoms with E-state index in [1.807, 2.05) is 6.07 Å². The molecule has 0 aromatic carbocycles. The van der Waals surface area contributed by atoms with Gasteiger partial charge in [-0.3, -0.25) is 0 Å². The van der Waals surface area contributed by atoms with E-state index in [9.17, 15) is 0 Å². The van der Waals surface area contributed by atoms with Crippen LogP contribution in [0.3, 0.4) is 0 Å². The molecule has 0 radical (unpaired) electrons. The first-order chi connectivity index (χ1) is 3.85. The van der Waals surface area contributed by atoms with E-state index in [0.717, 1.165) is 0 Å². The molecule has 0 fully saturated rings. The third kappa shape index (κ3) is 2.21. The molecule has 3 nitrogen and oxygen atoms in total. The van der Waals surface area contributed by atoms with Crippen LogP contribution in [0.4, 0.5) is 0 Å². The molecule has 0 rings (SSSR count). The minimum Gasteiger partial charge on any atom is -0.393 e. The Hall–Kier alpha value is -1.01. The molecule has 0 heterocycles. The van der Waals surface area contributed by atoms with E-state index < -0.39 is 0 Å². The summed E-state index contributed by atoms with van der Waals surface area (Å²) in [5.41, 5.74) is 5.70. The van der Waals surface area contributed by atoms with Gasteiger partial charge in [-0.15, -0.1) is 0 Å². The Morgan fingerprint density at radius 3 is 2.75 bits per heavy atom. The summed E-state index contributed by atoms with van der Waals surface area (Å²) >= 11 is 0. The van der Waals surface area contributed by atoms with E-state index in [4.69, 9.17) is 11.0 Å². The third-order valence-electron chi connectivity index (χ3n) is 0.682. The Labute approximate surface area is 48.8 Å². The maximum Gasteiger partial charge on any atom is 0.0975 e. The highest BCUT2D eigenvalue weighted by Gasteiger charge is 1.84. The van der Waals surface area contributed by atoms with Crippen molar-refractivity contribution in [1.29, 1.82) is 5.26 Å². The zero-order valence-electron chi connectivity index (χ0n) is 4.81. The first-order valence-corrected chi connectivity index (χ1v) is 2.31. The van der Waals surface area contributed by atoms with Crippen molar-refractivity contribution >= 4 is 0 Å². The van der Waals surface area contributed by atoms with Crippen LogP contribution in [0.25, 0.3) is 0 Å². The number of nitriles is 1. The Morgan fingerprint density at radius 2 is 2.62 bits per heavy atom. The highest BCUT2D eigenvalue weighted by atomic mass is 14.8. The van der Waals surface area contributed by atoms with Crippen molar-refractivity contribution in [3.05, 3.63) is 11.8 Å². The molecule has 0 saturated carbocycles. The van der Waals surface area contributed by atoms with Gasteiger partial charge in [0.1, 0.15) is 0 Å². The summed E-state index contributed by atoms with van der Waals surface area (Å²) in [6, 6.07) is 1.93. The third-order valence-corrected chi connectivity index (χ3v) is 0.682. The van der Waals surface area contributed by atoms with Gasteiger partial charge in [-0.05, 0) is 0 Å². The van der Waals surface area contributed by atoms with Crippen LogP contribution < -0.4 is 11.1 Å². The molecule has 0 aromatic rings. The number of hydrogen-bond donors (Lipinski definition) is 2. The van der Waals surface area contributed by atoms with E-state index in [1.165, 1.54) is 0 Å². The van der Waals surface area contributed by atoms with Crippen molar-refractivity contribution in [2.75, 3.05) is 13.6 Å². The second kappa shape index (κ2) is 4.16. The van der Waals surface area contributed by atoms with Gasteiger partial charge >= 0.3 is 0 Å². The smallest absolute Gasteiger partial charge is 0.0975 e. The zero-order chi connectivity index (χ0) is 6.41. The lowest BCUT2D eigenvalue weighted by atomic mass is 10.3. The van der Waals surface area contributed by atoms with Crippen LogP contribution in [-0.4, -0.2) is 13.6 Å². The topological polar surface area (TPSA) is 61.8 Å². The van der Waals surface area contributed by atoms with Crippen molar-refractivity contribution in [3.63, 3.8) is 0 Å². The fourth-order valence-electron chi connectivity index (χ4n) is 0.311. The largest absolute Gasteiger partial charge is 0.393 e. The van der Waals surface area contributed by atoms with Gasteiger partial charge in [0.05, 0.1) is 11.6 Å². The molecular weight excluding hydrogens is 102 g/mol. The molecule has 3 heteroatoms. The van der Waals surface area contributed by atoms with Crippen LogP contribution in [0.2, 0.25) is 0 Å². The van der Waals surface area contributed by atoms with Gasteiger partial charge in [0.15, 0.2) is 0 Å². The molecule has 44 valence electrons. The molecule has 0 bridgehead atoms. The average molecular weight is 111 g/mol. The lowest BCUT2D eigenvalue weighted by molar-refractivity contribution is 1.06. The van der Waals surface area contributed by atoms with Gasteiger partial charge < -0.3 is 11.1 Å². The highest BCUT2D eigenvalue weighted by molar-refractivity contribution is 5.20. The molecule has 0 saturated heterocycles. The molecule has 3 N–H and O–H groups in total. The van der Waals surface area contributed by atoms with Crippen molar-refractivity contribution in [1.82, 2.24) is 5.32 Å². The molecule has 0 aliphatic carbocycles. The van der Waals surface area contributed by atoms with Crippen LogP contribution in [0.5, 0.6) is 0 Å². The summed E-state index contributed by atoms with van der Waals surface area (Å²) in [5, 5.41) is 10.9. The minimum atomic E-state index is 0.303. The van der Waals surface area contributed by atoms with Crippen molar-refractivity contribution in [3.8, 4) is 6.07 Å². The van der Waals surface area contributed by atoms with Gasteiger partial charge in [-0.1, -0.05) is 0 Å². The number of hydrogen-bond acceptors (Lipinski definition) is 3. The quantitative estimate of drug-likeness (QED) is 0.475. The normalized spacial score (nSPS) is 10.4. The predicted molar refractivity (Wildman–Crippen MR) is 31.8 cm³/mol. The molecule has 0 aliphatic rings. The second-order valence-electron chi connectivity index (χ2n) is 1.27. The minimum absolute atomic E-state index is 0.303. The van der Waals surface area contributed by atoms with E-state index >= 15 is 0 Å². The molecule has 0 aromatic heterocycles. The highest BCUT2D eigenvalue weighted by Crippen LogP contribution is 1.81. The van der Waals surface area contributed by atoms with E-state index in [0.29, 0.717) is 12.1 Å². The molecule has 8 heavy (non-hydrogen) atoms. The molecule has 0 amide bonds. The summed E-state index contributed by atoms with van der Waals surface area (Å²) in [6.07, 6.45) is 1.58. The second-order valence-corrected chi connectivity index (χ2v) is 1.27. The molecule has 0 unspecified atom stereocenters. The van der Waals surface area contributed by atoms with Crippen LogP contribution in [0.1, 0.15) is 0 Å². The van der Waals surface area contributed by atoms with Crippen molar-refractivity contribution in [2.45, 2.75) is 0 Å². The lowest BCUT2D eigenvalue weighted by Crippen LogP contribution is -2.05. The first kappa shape index (κ1) is 6.99. The van der Waals surface area contributed by atoms with Gasteiger partial charge in [-0.25, -0.2) is 0 Å². The van der Waals surface area contributed by atoms with Crippen molar-refractivity contribution in [2.24, 2.45) is 5.73 Å². The summed E-state index contributed by atoms with van der Waals surface area (Å²) in [5.74, 6) is 0. The Bertz CT molecular complexity index is 120. The van der Waals surface area contributed by atoms with E-state index in [2.05, 4.69) is 5.32 Å². The molecule has 0 spiro atoms. The SMILES string of the molecule is CN/C=C(/C#N)CN. The predicted octanol–water partition coefficient (Wildman–Crippen LogP) is -0.428. The number of nitrogens with one attached hydrogen (secondary N) is 1. The Balaban J connectivity index is 3.72. The fourth-order valence-corrected chi connectivity index (χ4v) is 0.311. The van der Waals surface area contributed by atoms with E-state index in [-0.39, 0.29) is 0 Å². The number of nitrogens with two attached hydrogens (primary N) is 1. The zero-order valence-corrected chi connectivity index (χ0v) is 4.81. The lowest BCUT2D eigenvalue weighted by Gasteiger charge is -1.88. The standard InChI is InChI=1S/C5H9N3/c1-8-4-5(2-6)3-7/h4,8H,2,6H2,1H3/b5-4+. The van der Waals surface area contributed by atoms with Crippen LogP contribution in [-0.2, 0) is 0 Å². The van der Waals surface area contributed by atoms with Crippen molar-refractivity contribution < 1.29 is 0 Å². The molecule has 0 aliphatic heterocycles. The average Bonchev–Trinajstić information content (AvgIpc) is 1.83. The summed E-state index contributed by atoms with van der Waals surface area (Å²) < 4.78 is 0. The van der Waals surface area contributed by atoms with Gasteiger partial charge in [-0.2, -0.15) is 5.26 Å². The Kier molecular flexibility index (Phi) is 3.63. The summed E-state index contributed by atoms with van der Waals surface area (Å²) in [7, 11) is 1.73. The molecular formula is C5H9N3. The van der Waals surface area contributed by atoms with Gasteiger partial charge in [0.25, 0.3) is 0 Å². The van der Waals surface area contributed by atoms with E-state index in [1.54, 1.807) is 13.2 Å². The maximum atomic E-state index is 8.22. The van der Waals surface area contributed by atoms with Gasteiger partial charge in [0, 0.05) is 19.8 Å². The maximum absolute atomic E-state index is 8.22. The van der Waals surface area contributed by atoms with Crippen LogP contribution in [0, 0.1) is 11.3 Å². The van der Waals surface area contributed by atoms with Crippen LogP contribution in [0.15, 0.2) is 11.8 Å². The van der Waals surface area contributed by atoms with Crippen LogP contribution >= 0.6 is 0 Å². The fraction of sp³-hybridized carbons (Fsp3) is 0.400. The Morgan fingerprint density at radius 1 is 2.00 bits per heavy atom.